The smallest absolute Gasteiger partial charge is 0.325 e. The number of H-pyrrole nitrogens is 1. The van der Waals surface area contributed by atoms with Crippen LogP contribution in [0.15, 0.2) is 91.1 Å². The van der Waals surface area contributed by atoms with Crippen LogP contribution in [0.1, 0.15) is 23.6 Å². The Hall–Kier alpha value is -4.49. The summed E-state index contributed by atoms with van der Waals surface area (Å²) in [6, 6.07) is 23.9. The van der Waals surface area contributed by atoms with Gasteiger partial charge in [0.15, 0.2) is 0 Å². The molecule has 2 fully saturated rings. The number of imide groups is 1. The lowest BCUT2D eigenvalue weighted by atomic mass is 9.76. The molecule has 3 aromatic carbocycles. The summed E-state index contributed by atoms with van der Waals surface area (Å²) in [4.78, 5) is 45.5. The number of benzene rings is 3. The minimum Gasteiger partial charge on any atom is -0.480 e. The van der Waals surface area contributed by atoms with Crippen LogP contribution in [0.4, 0.5) is 5.69 Å². The molecule has 3 N–H and O–H groups in total. The van der Waals surface area contributed by atoms with Gasteiger partial charge in [0.2, 0.25) is 11.8 Å². The van der Waals surface area contributed by atoms with E-state index in [1.54, 1.807) is 18.3 Å². The predicted octanol–water partition coefficient (Wildman–Crippen LogP) is 4.59. The molecule has 0 aliphatic carbocycles. The van der Waals surface area contributed by atoms with Crippen molar-refractivity contribution in [2.24, 2.45) is 11.8 Å². The molecule has 7 heteroatoms. The van der Waals surface area contributed by atoms with Crippen molar-refractivity contribution in [1.29, 1.82) is 0 Å². The number of hydrogen-bond donors (Lipinski definition) is 3. The number of amides is 2. The number of nitrogens with one attached hydrogen (secondary N) is 2. The highest BCUT2D eigenvalue weighted by molar-refractivity contribution is 6.24. The molecule has 39 heavy (non-hydrogen) atoms. The van der Waals surface area contributed by atoms with Crippen LogP contribution in [0.25, 0.3) is 17.0 Å². The Morgan fingerprint density at radius 2 is 1.69 bits per heavy atom. The van der Waals surface area contributed by atoms with Crippen molar-refractivity contribution in [3.05, 3.63) is 108 Å². The zero-order valence-corrected chi connectivity index (χ0v) is 21.5. The molecule has 0 bridgehead atoms. The number of para-hydroxylation sites is 1. The summed E-state index contributed by atoms with van der Waals surface area (Å²) in [5, 5.41) is 14.9. The number of fused-ring (bicyclic) bond motifs is 2. The van der Waals surface area contributed by atoms with Crippen molar-refractivity contribution in [2.45, 2.75) is 31.3 Å². The number of aromatic amines is 1. The number of aliphatic carboxylic acids is 1. The van der Waals surface area contributed by atoms with E-state index in [0.717, 1.165) is 34.0 Å². The van der Waals surface area contributed by atoms with E-state index in [9.17, 15) is 19.5 Å². The Balaban J connectivity index is 1.45. The highest BCUT2D eigenvalue weighted by atomic mass is 16.4. The van der Waals surface area contributed by atoms with E-state index in [2.05, 4.69) is 10.3 Å². The third-order valence-electron chi connectivity index (χ3n) is 8.12. The van der Waals surface area contributed by atoms with Crippen molar-refractivity contribution < 1.29 is 19.5 Å². The maximum Gasteiger partial charge on any atom is 0.325 e. The Labute approximate surface area is 226 Å². The second-order valence-corrected chi connectivity index (χ2v) is 10.3. The van der Waals surface area contributed by atoms with Gasteiger partial charge in [-0.1, -0.05) is 79.7 Å². The molecule has 1 aromatic heterocycles. The molecule has 7 nitrogen and oxygen atoms in total. The third-order valence-corrected chi connectivity index (χ3v) is 8.12. The number of carboxylic acids is 1. The topological polar surface area (TPSA) is 102 Å². The van der Waals surface area contributed by atoms with Crippen LogP contribution >= 0.6 is 0 Å². The Kier molecular flexibility index (Phi) is 6.16. The van der Waals surface area contributed by atoms with Gasteiger partial charge in [0, 0.05) is 29.6 Å². The highest BCUT2D eigenvalue weighted by Gasteiger charge is 2.68. The second kappa shape index (κ2) is 9.67. The number of rotatable bonds is 7. The first-order chi connectivity index (χ1) is 18.9. The van der Waals surface area contributed by atoms with Gasteiger partial charge in [-0.05, 0) is 41.3 Å². The molecule has 2 aliphatic rings. The molecule has 4 aromatic rings. The van der Waals surface area contributed by atoms with Gasteiger partial charge in [-0.3, -0.25) is 19.7 Å². The lowest BCUT2D eigenvalue weighted by molar-refractivity contribution is -0.148. The number of anilines is 1. The molecule has 196 valence electrons. The van der Waals surface area contributed by atoms with E-state index < -0.39 is 35.3 Å². The van der Waals surface area contributed by atoms with E-state index in [1.165, 1.54) is 4.90 Å². The standard InChI is InChI=1S/C32H29N3O4/c1-2-20-12-15-23(16-13-20)35-29(36)27-26(17-14-21-8-4-3-5-9-21)34-32(31(38)39,28(27)30(35)37)18-22-19-33-25-11-7-6-10-24(22)25/h3-17,19,26-28,33-34H,2,18H2,1H3,(H,38,39). The van der Waals surface area contributed by atoms with Crippen molar-refractivity contribution in [2.75, 3.05) is 4.90 Å². The maximum absolute atomic E-state index is 14.1. The minimum atomic E-state index is -1.67. The van der Waals surface area contributed by atoms with Crippen LogP contribution in [-0.4, -0.2) is 39.5 Å². The number of nitrogens with zero attached hydrogens (tertiary/aromatic N) is 1. The molecular weight excluding hydrogens is 490 g/mol. The van der Waals surface area contributed by atoms with Crippen LogP contribution in [0, 0.1) is 11.8 Å². The van der Waals surface area contributed by atoms with Crippen molar-refractivity contribution in [3.8, 4) is 0 Å². The summed E-state index contributed by atoms with van der Waals surface area (Å²) < 4.78 is 0. The van der Waals surface area contributed by atoms with Gasteiger partial charge in [-0.15, -0.1) is 0 Å². The van der Waals surface area contributed by atoms with Crippen LogP contribution < -0.4 is 10.2 Å². The maximum atomic E-state index is 14.1. The summed E-state index contributed by atoms with van der Waals surface area (Å²) >= 11 is 0. The van der Waals surface area contributed by atoms with Gasteiger partial charge >= 0.3 is 5.97 Å². The fourth-order valence-corrected chi connectivity index (χ4v) is 6.14. The fraction of sp³-hybridized carbons (Fsp3) is 0.219. The molecule has 0 radical (unpaired) electrons. The van der Waals surface area contributed by atoms with Gasteiger partial charge < -0.3 is 10.1 Å². The number of aromatic nitrogens is 1. The monoisotopic (exact) mass is 519 g/mol. The zero-order chi connectivity index (χ0) is 27.1. The average Bonchev–Trinajstić information content (AvgIpc) is 3.60. The van der Waals surface area contributed by atoms with Crippen LogP contribution in [0.2, 0.25) is 0 Å². The van der Waals surface area contributed by atoms with E-state index in [-0.39, 0.29) is 12.3 Å². The summed E-state index contributed by atoms with van der Waals surface area (Å²) in [6.07, 6.45) is 6.36. The van der Waals surface area contributed by atoms with Crippen molar-refractivity contribution >= 4 is 40.4 Å². The van der Waals surface area contributed by atoms with Gasteiger partial charge in [-0.2, -0.15) is 0 Å². The molecule has 4 atom stereocenters. The Morgan fingerprint density at radius 1 is 0.974 bits per heavy atom. The van der Waals surface area contributed by atoms with E-state index in [1.807, 2.05) is 85.8 Å². The van der Waals surface area contributed by atoms with Gasteiger partial charge in [-0.25, -0.2) is 4.90 Å². The molecule has 6 rings (SSSR count). The predicted molar refractivity (Wildman–Crippen MR) is 150 cm³/mol. The molecule has 0 spiro atoms. The SMILES string of the molecule is CCc1ccc(N2C(=O)C3C(C=Cc4ccccc4)NC(Cc4c[nH]c5ccccc45)(C(=O)O)C3C2=O)cc1. The van der Waals surface area contributed by atoms with Gasteiger partial charge in [0.1, 0.15) is 5.54 Å². The van der Waals surface area contributed by atoms with Crippen LogP contribution in [0.3, 0.4) is 0 Å². The summed E-state index contributed by atoms with van der Waals surface area (Å²) in [6.45, 7) is 2.03. The number of carboxylic acid groups (broad SMARTS) is 1. The number of hydrogen-bond acceptors (Lipinski definition) is 4. The lowest BCUT2D eigenvalue weighted by Crippen LogP contribution is -2.58. The van der Waals surface area contributed by atoms with Gasteiger partial charge in [0.05, 0.1) is 17.5 Å². The number of carbonyl (C=O) groups is 3. The Bertz CT molecular complexity index is 1590. The summed E-state index contributed by atoms with van der Waals surface area (Å²) in [7, 11) is 0. The number of carbonyl (C=O) groups excluding carboxylic acids is 2. The Morgan fingerprint density at radius 3 is 2.41 bits per heavy atom. The highest BCUT2D eigenvalue weighted by Crippen LogP contribution is 2.47. The third kappa shape index (κ3) is 4.06. The van der Waals surface area contributed by atoms with Crippen LogP contribution in [-0.2, 0) is 27.2 Å². The first kappa shape index (κ1) is 24.8. The van der Waals surface area contributed by atoms with E-state index >= 15 is 0 Å². The van der Waals surface area contributed by atoms with E-state index in [0.29, 0.717) is 5.69 Å². The average molecular weight is 520 g/mol. The first-order valence-corrected chi connectivity index (χ1v) is 13.2. The number of aryl methyl sites for hydroxylation is 1. The van der Waals surface area contributed by atoms with Crippen LogP contribution in [0.5, 0.6) is 0 Å². The fourth-order valence-electron chi connectivity index (χ4n) is 6.14. The summed E-state index contributed by atoms with van der Waals surface area (Å²) in [5.74, 6) is -3.95. The lowest BCUT2D eigenvalue weighted by Gasteiger charge is -2.31. The molecule has 2 amide bonds. The zero-order valence-electron chi connectivity index (χ0n) is 21.5. The largest absolute Gasteiger partial charge is 0.480 e. The summed E-state index contributed by atoms with van der Waals surface area (Å²) in [5.41, 5.74) is 2.46. The second-order valence-electron chi connectivity index (χ2n) is 10.3. The van der Waals surface area contributed by atoms with Gasteiger partial charge in [0.25, 0.3) is 0 Å². The van der Waals surface area contributed by atoms with Crippen molar-refractivity contribution in [3.63, 3.8) is 0 Å². The van der Waals surface area contributed by atoms with E-state index in [4.69, 9.17) is 0 Å². The quantitative estimate of drug-likeness (QED) is 0.310. The first-order valence-electron chi connectivity index (χ1n) is 13.2. The normalized spacial score (nSPS) is 24.6. The molecule has 0 saturated carbocycles. The minimum absolute atomic E-state index is 0.0465. The molecule has 4 unspecified atom stereocenters. The molecule has 3 heterocycles. The van der Waals surface area contributed by atoms with Crippen molar-refractivity contribution in [1.82, 2.24) is 10.3 Å². The molecule has 2 saturated heterocycles. The molecular formula is C32H29N3O4. The molecule has 2 aliphatic heterocycles.